The summed E-state index contributed by atoms with van der Waals surface area (Å²) in [5.74, 6) is 0. The second-order valence-electron chi connectivity index (χ2n) is 4.52. The molecule has 2 aromatic rings. The molecule has 94 valence electrons. The lowest BCUT2D eigenvalue weighted by Gasteiger charge is -2.15. The maximum absolute atomic E-state index is 10.4. The van der Waals surface area contributed by atoms with Gasteiger partial charge in [0.05, 0.1) is 0 Å². The third kappa shape index (κ3) is 2.57. The second kappa shape index (κ2) is 5.12. The van der Waals surface area contributed by atoms with Crippen molar-refractivity contribution in [2.75, 3.05) is 5.73 Å². The van der Waals surface area contributed by atoms with Crippen LogP contribution in [0.25, 0.3) is 0 Å². The number of benzene rings is 2. The Bertz CT molecular complexity index is 581. The highest BCUT2D eigenvalue weighted by Gasteiger charge is 2.14. The number of aliphatic hydroxyl groups excluding tert-OH is 1. The maximum atomic E-state index is 10.4. The van der Waals surface area contributed by atoms with Gasteiger partial charge >= 0.3 is 0 Å². The minimum absolute atomic E-state index is 0.601. The van der Waals surface area contributed by atoms with E-state index < -0.39 is 6.10 Å². The molecular weight excluding hydrogens is 290 g/mol. The van der Waals surface area contributed by atoms with Gasteiger partial charge in [-0.05, 0) is 48.7 Å². The van der Waals surface area contributed by atoms with Crippen LogP contribution in [0.15, 0.2) is 40.9 Å². The fraction of sp³-hybridized carbons (Fsp3) is 0.200. The van der Waals surface area contributed by atoms with Gasteiger partial charge in [-0.3, -0.25) is 0 Å². The lowest BCUT2D eigenvalue weighted by Crippen LogP contribution is -2.04. The molecular formula is C15H16BrNO. The SMILES string of the molecule is Cc1ccc(C(O)c2cc(Br)ccc2N)cc1C. The predicted octanol–water partition coefficient (Wildman–Crippen LogP) is 3.73. The molecule has 0 saturated heterocycles. The third-order valence-electron chi connectivity index (χ3n) is 3.19. The molecule has 0 aliphatic carbocycles. The van der Waals surface area contributed by atoms with Crippen LogP contribution < -0.4 is 5.73 Å². The van der Waals surface area contributed by atoms with Crippen LogP contribution in [0.2, 0.25) is 0 Å². The first-order chi connectivity index (χ1) is 8.49. The van der Waals surface area contributed by atoms with E-state index in [1.165, 1.54) is 11.1 Å². The van der Waals surface area contributed by atoms with E-state index in [1.807, 2.05) is 37.3 Å². The molecule has 0 spiro atoms. The predicted molar refractivity (Wildman–Crippen MR) is 78.5 cm³/mol. The van der Waals surface area contributed by atoms with Gasteiger partial charge in [-0.25, -0.2) is 0 Å². The van der Waals surface area contributed by atoms with Crippen molar-refractivity contribution in [3.8, 4) is 0 Å². The molecule has 2 nitrogen and oxygen atoms in total. The third-order valence-corrected chi connectivity index (χ3v) is 3.68. The van der Waals surface area contributed by atoms with Crippen LogP contribution in [0.5, 0.6) is 0 Å². The molecule has 0 heterocycles. The maximum Gasteiger partial charge on any atom is 0.106 e. The molecule has 0 aliphatic heterocycles. The van der Waals surface area contributed by atoms with Crippen molar-refractivity contribution in [2.45, 2.75) is 20.0 Å². The largest absolute Gasteiger partial charge is 0.398 e. The molecule has 1 unspecified atom stereocenters. The number of hydrogen-bond donors (Lipinski definition) is 2. The molecule has 3 heteroatoms. The number of anilines is 1. The summed E-state index contributed by atoms with van der Waals surface area (Å²) in [6.45, 7) is 4.09. The molecule has 0 amide bonds. The average molecular weight is 306 g/mol. The Balaban J connectivity index is 2.44. The molecule has 0 bridgehead atoms. The minimum atomic E-state index is -0.693. The van der Waals surface area contributed by atoms with Gasteiger partial charge in [0.1, 0.15) is 6.10 Å². The van der Waals surface area contributed by atoms with Crippen molar-refractivity contribution in [1.29, 1.82) is 0 Å². The van der Waals surface area contributed by atoms with Gasteiger partial charge in [0, 0.05) is 15.7 Å². The molecule has 2 rings (SSSR count). The van der Waals surface area contributed by atoms with Crippen molar-refractivity contribution in [2.24, 2.45) is 0 Å². The van der Waals surface area contributed by atoms with E-state index in [9.17, 15) is 5.11 Å². The Kier molecular flexibility index (Phi) is 3.73. The van der Waals surface area contributed by atoms with Gasteiger partial charge in [0.2, 0.25) is 0 Å². The first-order valence-electron chi connectivity index (χ1n) is 5.79. The van der Waals surface area contributed by atoms with E-state index >= 15 is 0 Å². The summed E-state index contributed by atoms with van der Waals surface area (Å²) in [5.41, 5.74) is 10.5. The highest BCUT2D eigenvalue weighted by molar-refractivity contribution is 9.10. The molecule has 0 aliphatic rings. The first-order valence-corrected chi connectivity index (χ1v) is 6.58. The number of hydrogen-bond acceptors (Lipinski definition) is 2. The van der Waals surface area contributed by atoms with Crippen molar-refractivity contribution >= 4 is 21.6 Å². The zero-order valence-electron chi connectivity index (χ0n) is 10.4. The number of nitrogens with two attached hydrogens (primary N) is 1. The molecule has 0 saturated carbocycles. The van der Waals surface area contributed by atoms with Crippen molar-refractivity contribution in [3.05, 3.63) is 63.1 Å². The summed E-state index contributed by atoms with van der Waals surface area (Å²) in [5, 5.41) is 10.4. The average Bonchev–Trinajstić information content (AvgIpc) is 2.35. The van der Waals surface area contributed by atoms with Gasteiger partial charge in [-0.15, -0.1) is 0 Å². The molecule has 18 heavy (non-hydrogen) atoms. The summed E-state index contributed by atoms with van der Waals surface area (Å²) >= 11 is 3.40. The van der Waals surface area contributed by atoms with E-state index in [2.05, 4.69) is 22.9 Å². The minimum Gasteiger partial charge on any atom is -0.398 e. The van der Waals surface area contributed by atoms with Gasteiger partial charge in [0.25, 0.3) is 0 Å². The Labute approximate surface area is 116 Å². The fourth-order valence-electron chi connectivity index (χ4n) is 1.90. The molecule has 1 atom stereocenters. The summed E-state index contributed by atoms with van der Waals surface area (Å²) in [4.78, 5) is 0. The van der Waals surface area contributed by atoms with E-state index in [0.29, 0.717) is 5.69 Å². The Morgan fingerprint density at radius 2 is 1.78 bits per heavy atom. The first kappa shape index (κ1) is 13.1. The van der Waals surface area contributed by atoms with E-state index in [4.69, 9.17) is 5.73 Å². The quantitative estimate of drug-likeness (QED) is 0.831. The number of nitrogen functional groups attached to an aromatic ring is 1. The lowest BCUT2D eigenvalue weighted by molar-refractivity contribution is 0.221. The van der Waals surface area contributed by atoms with Crippen molar-refractivity contribution < 1.29 is 5.11 Å². The second-order valence-corrected chi connectivity index (χ2v) is 5.44. The Morgan fingerprint density at radius 3 is 2.44 bits per heavy atom. The van der Waals surface area contributed by atoms with Crippen LogP contribution in [0.3, 0.4) is 0 Å². The highest BCUT2D eigenvalue weighted by atomic mass is 79.9. The zero-order chi connectivity index (χ0) is 13.3. The summed E-state index contributed by atoms with van der Waals surface area (Å²) in [6.07, 6.45) is -0.693. The van der Waals surface area contributed by atoms with Crippen LogP contribution >= 0.6 is 15.9 Å². The normalized spacial score (nSPS) is 12.4. The van der Waals surface area contributed by atoms with E-state index in [1.54, 1.807) is 6.07 Å². The summed E-state index contributed by atoms with van der Waals surface area (Å²) < 4.78 is 0.912. The van der Waals surface area contributed by atoms with Crippen LogP contribution in [-0.4, -0.2) is 5.11 Å². The molecule has 3 N–H and O–H groups in total. The molecule has 2 aromatic carbocycles. The van der Waals surface area contributed by atoms with Gasteiger partial charge in [-0.1, -0.05) is 34.1 Å². The van der Waals surface area contributed by atoms with Gasteiger partial charge < -0.3 is 10.8 Å². The summed E-state index contributed by atoms with van der Waals surface area (Å²) in [7, 11) is 0. The van der Waals surface area contributed by atoms with Crippen LogP contribution in [-0.2, 0) is 0 Å². The standard InChI is InChI=1S/C15H16BrNO/c1-9-3-4-11(7-10(9)2)15(18)13-8-12(16)5-6-14(13)17/h3-8,15,18H,17H2,1-2H3. The molecule has 0 fully saturated rings. The summed E-state index contributed by atoms with van der Waals surface area (Å²) in [6, 6.07) is 11.5. The number of aryl methyl sites for hydroxylation is 2. The Hall–Kier alpha value is -1.32. The number of halogens is 1. The number of aliphatic hydroxyl groups is 1. The van der Waals surface area contributed by atoms with E-state index in [-0.39, 0.29) is 0 Å². The number of rotatable bonds is 2. The van der Waals surface area contributed by atoms with Gasteiger partial charge in [0.15, 0.2) is 0 Å². The van der Waals surface area contributed by atoms with Crippen LogP contribution in [0.4, 0.5) is 5.69 Å². The highest BCUT2D eigenvalue weighted by Crippen LogP contribution is 2.30. The molecule has 0 aromatic heterocycles. The van der Waals surface area contributed by atoms with E-state index in [0.717, 1.165) is 15.6 Å². The molecule has 0 radical (unpaired) electrons. The Morgan fingerprint density at radius 1 is 1.06 bits per heavy atom. The van der Waals surface area contributed by atoms with Crippen molar-refractivity contribution in [3.63, 3.8) is 0 Å². The fourth-order valence-corrected chi connectivity index (χ4v) is 2.28. The van der Waals surface area contributed by atoms with Gasteiger partial charge in [-0.2, -0.15) is 0 Å². The van der Waals surface area contributed by atoms with Crippen LogP contribution in [0, 0.1) is 13.8 Å². The van der Waals surface area contributed by atoms with Crippen LogP contribution in [0.1, 0.15) is 28.4 Å². The van der Waals surface area contributed by atoms with Crippen molar-refractivity contribution in [1.82, 2.24) is 0 Å². The lowest BCUT2D eigenvalue weighted by atomic mass is 9.97. The zero-order valence-corrected chi connectivity index (χ0v) is 12.0. The monoisotopic (exact) mass is 305 g/mol. The smallest absolute Gasteiger partial charge is 0.106 e. The topological polar surface area (TPSA) is 46.2 Å².